The Morgan fingerprint density at radius 3 is 2.88 bits per heavy atom. The van der Waals surface area contributed by atoms with E-state index in [2.05, 4.69) is 0 Å². The van der Waals surface area contributed by atoms with Gasteiger partial charge in [0.1, 0.15) is 5.82 Å². The molecule has 1 aromatic rings. The molecule has 0 aromatic heterocycles. The summed E-state index contributed by atoms with van der Waals surface area (Å²) in [6, 6.07) is 4.37. The number of carbonyl (C=O) groups excluding carboxylic acids is 1. The molecular formula is C11H12ClFN2O. The van der Waals surface area contributed by atoms with Crippen LogP contribution in [0.4, 0.5) is 4.39 Å². The van der Waals surface area contributed by atoms with Gasteiger partial charge in [-0.3, -0.25) is 4.79 Å². The molecule has 2 rings (SSSR count). The van der Waals surface area contributed by atoms with Crippen molar-refractivity contribution in [1.82, 2.24) is 4.90 Å². The molecule has 1 saturated heterocycles. The van der Waals surface area contributed by atoms with Crippen molar-refractivity contribution in [1.29, 1.82) is 0 Å². The highest BCUT2D eigenvalue weighted by Gasteiger charge is 2.26. The minimum absolute atomic E-state index is 0.0351. The van der Waals surface area contributed by atoms with Crippen LogP contribution in [0, 0.1) is 5.82 Å². The van der Waals surface area contributed by atoms with Gasteiger partial charge < -0.3 is 10.6 Å². The fourth-order valence-corrected chi connectivity index (χ4v) is 2.02. The van der Waals surface area contributed by atoms with E-state index in [1.807, 2.05) is 0 Å². The monoisotopic (exact) mass is 242 g/mol. The summed E-state index contributed by atoms with van der Waals surface area (Å²) >= 11 is 5.66. The van der Waals surface area contributed by atoms with E-state index in [0.29, 0.717) is 19.5 Å². The molecule has 2 N–H and O–H groups in total. The predicted octanol–water partition coefficient (Wildman–Crippen LogP) is 1.54. The summed E-state index contributed by atoms with van der Waals surface area (Å²) in [5.74, 6) is -0.414. The van der Waals surface area contributed by atoms with Crippen molar-refractivity contribution in [2.75, 3.05) is 6.54 Å². The van der Waals surface area contributed by atoms with Crippen molar-refractivity contribution in [3.63, 3.8) is 0 Å². The molecule has 1 fully saturated rings. The minimum atomic E-state index is -0.449. The first-order chi connectivity index (χ1) is 7.56. The molecule has 1 unspecified atom stereocenters. The normalized spacial score (nSPS) is 20.6. The van der Waals surface area contributed by atoms with Crippen LogP contribution in [-0.2, 0) is 11.3 Å². The third-order valence-electron chi connectivity index (χ3n) is 2.60. The number of likely N-dealkylation sites (tertiary alicyclic amines) is 1. The van der Waals surface area contributed by atoms with Gasteiger partial charge in [0.25, 0.3) is 0 Å². The van der Waals surface area contributed by atoms with Crippen LogP contribution < -0.4 is 5.73 Å². The summed E-state index contributed by atoms with van der Waals surface area (Å²) in [5.41, 5.74) is 6.49. The Labute approximate surface area is 98.0 Å². The van der Waals surface area contributed by atoms with E-state index in [9.17, 15) is 9.18 Å². The number of rotatable bonds is 2. The molecule has 0 saturated carbocycles. The molecule has 1 aliphatic rings. The van der Waals surface area contributed by atoms with Gasteiger partial charge in [0.2, 0.25) is 5.91 Å². The number of amides is 1. The van der Waals surface area contributed by atoms with Gasteiger partial charge in [-0.15, -0.1) is 0 Å². The van der Waals surface area contributed by atoms with Crippen molar-refractivity contribution in [3.8, 4) is 0 Å². The number of hydrogen-bond donors (Lipinski definition) is 1. The van der Waals surface area contributed by atoms with Gasteiger partial charge in [-0.05, 0) is 17.7 Å². The van der Waals surface area contributed by atoms with Crippen LogP contribution in [0.1, 0.15) is 12.0 Å². The second-order valence-electron chi connectivity index (χ2n) is 3.99. The van der Waals surface area contributed by atoms with Gasteiger partial charge in [-0.2, -0.15) is 0 Å². The summed E-state index contributed by atoms with van der Waals surface area (Å²) in [4.78, 5) is 13.1. The second-order valence-corrected chi connectivity index (χ2v) is 4.39. The summed E-state index contributed by atoms with van der Waals surface area (Å²) < 4.78 is 12.9. The molecule has 1 heterocycles. The average molecular weight is 243 g/mol. The second kappa shape index (κ2) is 4.39. The van der Waals surface area contributed by atoms with E-state index in [1.54, 1.807) is 11.0 Å². The lowest BCUT2D eigenvalue weighted by molar-refractivity contribution is -0.128. The standard InChI is InChI=1S/C11H12ClFN2O/c12-9-3-7(1-2-10(9)13)5-15-6-8(14)4-11(15)16/h1-3,8H,4-6,14H2. The lowest BCUT2D eigenvalue weighted by Crippen LogP contribution is -2.27. The van der Waals surface area contributed by atoms with Crippen molar-refractivity contribution >= 4 is 17.5 Å². The van der Waals surface area contributed by atoms with Gasteiger partial charge >= 0.3 is 0 Å². The molecule has 1 atom stereocenters. The van der Waals surface area contributed by atoms with Crippen LogP contribution in [0.25, 0.3) is 0 Å². The van der Waals surface area contributed by atoms with Crippen LogP contribution in [0.3, 0.4) is 0 Å². The Morgan fingerprint density at radius 1 is 1.56 bits per heavy atom. The largest absolute Gasteiger partial charge is 0.337 e. The highest BCUT2D eigenvalue weighted by Crippen LogP contribution is 2.19. The first-order valence-corrected chi connectivity index (χ1v) is 5.41. The third kappa shape index (κ3) is 2.33. The Bertz CT molecular complexity index is 424. The van der Waals surface area contributed by atoms with Crippen molar-refractivity contribution in [3.05, 3.63) is 34.6 Å². The van der Waals surface area contributed by atoms with Gasteiger partial charge in [-0.25, -0.2) is 4.39 Å². The Morgan fingerprint density at radius 2 is 2.31 bits per heavy atom. The SMILES string of the molecule is NC1CC(=O)N(Cc2ccc(F)c(Cl)c2)C1. The molecule has 16 heavy (non-hydrogen) atoms. The first-order valence-electron chi connectivity index (χ1n) is 5.03. The maximum absolute atomic E-state index is 12.9. The van der Waals surface area contributed by atoms with E-state index in [4.69, 9.17) is 17.3 Å². The van der Waals surface area contributed by atoms with E-state index < -0.39 is 5.82 Å². The highest BCUT2D eigenvalue weighted by atomic mass is 35.5. The number of nitrogens with zero attached hydrogens (tertiary/aromatic N) is 1. The molecule has 0 radical (unpaired) electrons. The fraction of sp³-hybridized carbons (Fsp3) is 0.364. The van der Waals surface area contributed by atoms with Crippen LogP contribution >= 0.6 is 11.6 Å². The van der Waals surface area contributed by atoms with E-state index >= 15 is 0 Å². The van der Waals surface area contributed by atoms with Crippen LogP contribution in [0.15, 0.2) is 18.2 Å². The molecule has 1 aliphatic heterocycles. The lowest BCUT2D eigenvalue weighted by atomic mass is 10.2. The van der Waals surface area contributed by atoms with E-state index in [0.717, 1.165) is 5.56 Å². The van der Waals surface area contributed by atoms with Crippen molar-refractivity contribution in [2.24, 2.45) is 5.73 Å². The highest BCUT2D eigenvalue weighted by molar-refractivity contribution is 6.30. The van der Waals surface area contributed by atoms with Crippen LogP contribution in [0.2, 0.25) is 5.02 Å². The number of halogens is 2. The van der Waals surface area contributed by atoms with Gasteiger partial charge in [0, 0.05) is 25.6 Å². The lowest BCUT2D eigenvalue weighted by Gasteiger charge is -2.16. The summed E-state index contributed by atoms with van der Waals surface area (Å²) in [6.07, 6.45) is 0.384. The quantitative estimate of drug-likeness (QED) is 0.855. The van der Waals surface area contributed by atoms with Crippen LogP contribution in [-0.4, -0.2) is 23.4 Å². The molecule has 0 aliphatic carbocycles. The zero-order valence-corrected chi connectivity index (χ0v) is 9.38. The smallest absolute Gasteiger partial charge is 0.224 e. The molecule has 5 heteroatoms. The zero-order chi connectivity index (χ0) is 11.7. The molecule has 0 spiro atoms. The van der Waals surface area contributed by atoms with Gasteiger partial charge in [-0.1, -0.05) is 17.7 Å². The molecule has 86 valence electrons. The van der Waals surface area contributed by atoms with Crippen molar-refractivity contribution in [2.45, 2.75) is 19.0 Å². The predicted molar refractivity (Wildman–Crippen MR) is 59.4 cm³/mol. The molecular weight excluding hydrogens is 231 g/mol. The molecule has 3 nitrogen and oxygen atoms in total. The number of nitrogens with two attached hydrogens (primary N) is 1. The minimum Gasteiger partial charge on any atom is -0.337 e. The zero-order valence-electron chi connectivity index (χ0n) is 8.62. The first kappa shape index (κ1) is 11.4. The molecule has 1 aromatic carbocycles. The maximum atomic E-state index is 12.9. The van der Waals surface area contributed by atoms with E-state index in [1.165, 1.54) is 12.1 Å². The third-order valence-corrected chi connectivity index (χ3v) is 2.89. The number of benzene rings is 1. The Balaban J connectivity index is 2.09. The number of hydrogen-bond acceptors (Lipinski definition) is 2. The maximum Gasteiger partial charge on any atom is 0.224 e. The summed E-state index contributed by atoms with van der Waals surface area (Å²) in [7, 11) is 0. The summed E-state index contributed by atoms with van der Waals surface area (Å²) in [6.45, 7) is 0.986. The van der Waals surface area contributed by atoms with E-state index in [-0.39, 0.29) is 17.0 Å². The topological polar surface area (TPSA) is 46.3 Å². The Kier molecular flexibility index (Phi) is 3.12. The average Bonchev–Trinajstić information content (AvgIpc) is 2.51. The summed E-state index contributed by atoms with van der Waals surface area (Å²) in [5, 5.41) is 0.0773. The van der Waals surface area contributed by atoms with Crippen LogP contribution in [0.5, 0.6) is 0 Å². The Hall–Kier alpha value is -1.13. The van der Waals surface area contributed by atoms with Crippen molar-refractivity contribution < 1.29 is 9.18 Å². The number of carbonyl (C=O) groups is 1. The van der Waals surface area contributed by atoms with Gasteiger partial charge in [0.15, 0.2) is 0 Å². The fourth-order valence-electron chi connectivity index (χ4n) is 1.81. The molecule has 0 bridgehead atoms. The molecule has 1 amide bonds. The van der Waals surface area contributed by atoms with Gasteiger partial charge in [0.05, 0.1) is 5.02 Å².